The van der Waals surface area contributed by atoms with E-state index in [9.17, 15) is 18.0 Å². The van der Waals surface area contributed by atoms with Crippen LogP contribution in [0.3, 0.4) is 0 Å². The van der Waals surface area contributed by atoms with Crippen molar-refractivity contribution < 1.29 is 22.7 Å². The zero-order chi connectivity index (χ0) is 24.7. The molecule has 0 radical (unpaired) electrons. The molecule has 178 valence electrons. The molecule has 1 unspecified atom stereocenters. The van der Waals surface area contributed by atoms with Crippen LogP contribution in [0.4, 0.5) is 5.69 Å². The van der Waals surface area contributed by atoms with Crippen LogP contribution in [0.25, 0.3) is 0 Å². The van der Waals surface area contributed by atoms with E-state index in [0.717, 1.165) is 11.1 Å². The highest BCUT2D eigenvalue weighted by atomic mass is 32.2. The van der Waals surface area contributed by atoms with Gasteiger partial charge in [0.2, 0.25) is 0 Å². The molecule has 3 aromatic rings. The van der Waals surface area contributed by atoms with Gasteiger partial charge in [-0.05, 0) is 60.7 Å². The predicted octanol–water partition coefficient (Wildman–Crippen LogP) is 4.18. The van der Waals surface area contributed by atoms with Gasteiger partial charge in [0, 0.05) is 12.2 Å². The number of nitrogens with one attached hydrogen (secondary N) is 2. The Labute approximate surface area is 200 Å². The van der Waals surface area contributed by atoms with Crippen molar-refractivity contribution in [3.8, 4) is 0 Å². The summed E-state index contributed by atoms with van der Waals surface area (Å²) in [5, 5.41) is 2.74. The fourth-order valence-corrected chi connectivity index (χ4v) is 4.69. The molecule has 3 aromatic carbocycles. The maximum atomic E-state index is 12.9. The Morgan fingerprint density at radius 2 is 1.68 bits per heavy atom. The smallest absolute Gasteiger partial charge is 0.338 e. The summed E-state index contributed by atoms with van der Waals surface area (Å²) in [5.74, 6) is -1.11. The summed E-state index contributed by atoms with van der Waals surface area (Å²) in [5.41, 5.74) is 2.94. The molecule has 0 aliphatic carbocycles. The normalized spacial score (nSPS) is 12.0. The topological polar surface area (TPSA) is 102 Å². The van der Waals surface area contributed by atoms with Crippen LogP contribution in [0.15, 0.2) is 77.7 Å². The summed E-state index contributed by atoms with van der Waals surface area (Å²) < 4.78 is 33.5. The number of amides is 1. The van der Waals surface area contributed by atoms with Gasteiger partial charge in [-0.1, -0.05) is 55.5 Å². The van der Waals surface area contributed by atoms with Crippen molar-refractivity contribution in [2.45, 2.75) is 31.6 Å². The average Bonchev–Trinajstić information content (AvgIpc) is 2.81. The lowest BCUT2D eigenvalue weighted by atomic mass is 10.0. The number of hydrogen-bond acceptors (Lipinski definition) is 5. The number of rotatable bonds is 9. The molecule has 0 saturated carbocycles. The van der Waals surface area contributed by atoms with Crippen LogP contribution in [0.2, 0.25) is 0 Å². The molecule has 8 heteroatoms. The highest BCUT2D eigenvalue weighted by Gasteiger charge is 2.20. The lowest BCUT2D eigenvalue weighted by Crippen LogP contribution is -2.31. The maximum absolute atomic E-state index is 12.9. The van der Waals surface area contributed by atoms with E-state index < -0.39 is 28.5 Å². The number of sulfonamides is 1. The van der Waals surface area contributed by atoms with Gasteiger partial charge >= 0.3 is 5.97 Å². The van der Waals surface area contributed by atoms with Crippen LogP contribution < -0.4 is 10.0 Å². The average molecular weight is 481 g/mol. The Morgan fingerprint density at radius 1 is 0.941 bits per heavy atom. The lowest BCUT2D eigenvalue weighted by molar-refractivity contribution is -0.124. The highest BCUT2D eigenvalue weighted by Crippen LogP contribution is 2.22. The minimum Gasteiger partial charge on any atom is -0.452 e. The fraction of sp³-hybridized carbons (Fsp3) is 0.231. The number of carbonyl (C=O) groups is 2. The van der Waals surface area contributed by atoms with Crippen LogP contribution in [-0.4, -0.2) is 33.4 Å². The molecule has 0 aliphatic heterocycles. The van der Waals surface area contributed by atoms with E-state index >= 15 is 0 Å². The molecular weight excluding hydrogens is 452 g/mol. The van der Waals surface area contributed by atoms with Crippen molar-refractivity contribution in [1.29, 1.82) is 0 Å². The molecule has 0 saturated heterocycles. The second-order valence-corrected chi connectivity index (χ2v) is 9.80. The van der Waals surface area contributed by atoms with E-state index in [1.165, 1.54) is 18.2 Å². The first-order valence-corrected chi connectivity index (χ1v) is 12.3. The van der Waals surface area contributed by atoms with Gasteiger partial charge in [-0.15, -0.1) is 0 Å². The summed E-state index contributed by atoms with van der Waals surface area (Å²) in [6.07, 6.45) is 0. The molecule has 0 bridgehead atoms. The Hall–Kier alpha value is -3.65. The maximum Gasteiger partial charge on any atom is 0.338 e. The molecule has 0 heterocycles. The van der Waals surface area contributed by atoms with E-state index in [2.05, 4.69) is 10.0 Å². The summed E-state index contributed by atoms with van der Waals surface area (Å²) in [4.78, 5) is 24.6. The second-order valence-electron chi connectivity index (χ2n) is 8.15. The van der Waals surface area contributed by atoms with E-state index in [1.54, 1.807) is 25.1 Å². The lowest BCUT2D eigenvalue weighted by Gasteiger charge is -2.14. The summed E-state index contributed by atoms with van der Waals surface area (Å²) in [6, 6.07) is 21.0. The number of hydrogen-bond donors (Lipinski definition) is 2. The van der Waals surface area contributed by atoms with Crippen molar-refractivity contribution >= 4 is 27.6 Å². The van der Waals surface area contributed by atoms with Crippen molar-refractivity contribution in [2.24, 2.45) is 0 Å². The predicted molar refractivity (Wildman–Crippen MR) is 131 cm³/mol. The quantitative estimate of drug-likeness (QED) is 0.448. The third-order valence-corrected chi connectivity index (χ3v) is 6.82. The minimum absolute atomic E-state index is 0.0374. The van der Waals surface area contributed by atoms with Crippen molar-refractivity contribution in [1.82, 2.24) is 5.32 Å². The minimum atomic E-state index is -3.93. The van der Waals surface area contributed by atoms with Gasteiger partial charge in [0.1, 0.15) is 0 Å². The first-order chi connectivity index (χ1) is 16.2. The Balaban J connectivity index is 1.61. The number of carbonyl (C=O) groups excluding carboxylic acids is 2. The second kappa shape index (κ2) is 11.0. The highest BCUT2D eigenvalue weighted by molar-refractivity contribution is 7.92. The van der Waals surface area contributed by atoms with Crippen molar-refractivity contribution in [2.75, 3.05) is 17.9 Å². The largest absolute Gasteiger partial charge is 0.452 e. The third kappa shape index (κ3) is 6.68. The monoisotopic (exact) mass is 480 g/mol. The molecule has 2 N–H and O–H groups in total. The van der Waals surface area contributed by atoms with E-state index in [-0.39, 0.29) is 16.4 Å². The van der Waals surface area contributed by atoms with Crippen LogP contribution >= 0.6 is 0 Å². The number of benzene rings is 3. The Kier molecular flexibility index (Phi) is 8.07. The molecule has 0 aromatic heterocycles. The van der Waals surface area contributed by atoms with Crippen LogP contribution in [0.1, 0.15) is 39.9 Å². The molecule has 0 fully saturated rings. The number of aryl methyl sites for hydroxylation is 2. The molecular formula is C26H28N2O5S. The van der Waals surface area contributed by atoms with Gasteiger partial charge in [0.05, 0.1) is 10.5 Å². The third-order valence-electron chi connectivity index (χ3n) is 5.29. The molecule has 34 heavy (non-hydrogen) atoms. The fourth-order valence-electron chi connectivity index (χ4n) is 3.37. The molecule has 0 aliphatic rings. The number of esters is 1. The first kappa shape index (κ1) is 25.0. The van der Waals surface area contributed by atoms with Gasteiger partial charge in [-0.3, -0.25) is 9.52 Å². The van der Waals surface area contributed by atoms with Crippen molar-refractivity contribution in [3.05, 3.63) is 95.1 Å². The Morgan fingerprint density at radius 3 is 2.38 bits per heavy atom. The van der Waals surface area contributed by atoms with Crippen LogP contribution in [0.5, 0.6) is 0 Å². The van der Waals surface area contributed by atoms with Crippen LogP contribution in [-0.2, 0) is 19.6 Å². The summed E-state index contributed by atoms with van der Waals surface area (Å²) in [7, 11) is -3.93. The van der Waals surface area contributed by atoms with Gasteiger partial charge in [-0.2, -0.15) is 0 Å². The molecule has 1 atom stereocenters. The Bertz CT molecular complexity index is 1270. The summed E-state index contributed by atoms with van der Waals surface area (Å²) >= 11 is 0. The van der Waals surface area contributed by atoms with Crippen LogP contribution in [0, 0.1) is 13.8 Å². The molecule has 1 amide bonds. The van der Waals surface area contributed by atoms with Gasteiger partial charge < -0.3 is 10.1 Å². The van der Waals surface area contributed by atoms with Crippen molar-refractivity contribution in [3.63, 3.8) is 0 Å². The van der Waals surface area contributed by atoms with E-state index in [0.29, 0.717) is 17.8 Å². The van der Waals surface area contributed by atoms with E-state index in [1.807, 2.05) is 50.2 Å². The van der Waals surface area contributed by atoms with E-state index in [4.69, 9.17) is 4.74 Å². The molecule has 3 rings (SSSR count). The van der Waals surface area contributed by atoms with Gasteiger partial charge in [-0.25, -0.2) is 13.2 Å². The zero-order valence-electron chi connectivity index (χ0n) is 19.4. The number of ether oxygens (including phenoxy) is 1. The first-order valence-electron chi connectivity index (χ1n) is 10.8. The number of anilines is 1. The molecule has 7 nitrogen and oxygen atoms in total. The zero-order valence-corrected chi connectivity index (χ0v) is 20.2. The van der Waals surface area contributed by atoms with Gasteiger partial charge in [0.15, 0.2) is 6.61 Å². The standard InChI is InChI=1S/C26H28N2O5S/c1-18-8-7-11-23(14-18)28-34(31,32)24-15-22(13-12-19(24)2)26(30)33-17-25(29)27-16-20(3)21-9-5-4-6-10-21/h4-15,20,28H,16-17H2,1-3H3,(H,27,29). The molecule has 0 spiro atoms. The summed E-state index contributed by atoms with van der Waals surface area (Å²) in [6.45, 7) is 5.43. The van der Waals surface area contributed by atoms with Gasteiger partial charge in [0.25, 0.3) is 15.9 Å². The SMILES string of the molecule is Cc1cccc(NS(=O)(=O)c2cc(C(=O)OCC(=O)NCC(C)c3ccccc3)ccc2C)c1.